The van der Waals surface area contributed by atoms with Crippen LogP contribution in [0.15, 0.2) is 66.9 Å². The van der Waals surface area contributed by atoms with Crippen LogP contribution in [0, 0.1) is 20.8 Å². The molecule has 36 heavy (non-hydrogen) atoms. The zero-order chi connectivity index (χ0) is 25.2. The Labute approximate surface area is 209 Å². The Morgan fingerprint density at radius 3 is 2.53 bits per heavy atom. The van der Waals surface area contributed by atoms with Gasteiger partial charge in [-0.15, -0.1) is 0 Å². The SMILES string of the molecule is CCOC(=O)c1cnn(-c2cc(C)c3ccccc3n2)c1Nc1cc(-c2ccc(C)cc2)nc(C)n1. The lowest BCUT2D eigenvalue weighted by Crippen LogP contribution is -2.11. The fourth-order valence-electron chi connectivity index (χ4n) is 4.07. The maximum Gasteiger partial charge on any atom is 0.343 e. The largest absolute Gasteiger partial charge is 0.462 e. The number of ether oxygens (including phenoxy) is 1. The van der Waals surface area contributed by atoms with Crippen LogP contribution in [0.4, 0.5) is 11.6 Å². The molecular formula is C28H26N6O2. The number of carbonyl (C=O) groups excluding carboxylic acids is 1. The van der Waals surface area contributed by atoms with Crippen molar-refractivity contribution in [3.05, 3.63) is 89.4 Å². The topological polar surface area (TPSA) is 94.8 Å². The van der Waals surface area contributed by atoms with E-state index < -0.39 is 5.97 Å². The van der Waals surface area contributed by atoms with E-state index in [9.17, 15) is 4.79 Å². The Hall–Kier alpha value is -4.59. The number of rotatable bonds is 6. The maximum absolute atomic E-state index is 12.8. The molecule has 0 aliphatic carbocycles. The van der Waals surface area contributed by atoms with Gasteiger partial charge in [-0.3, -0.25) is 0 Å². The second-order valence-electron chi connectivity index (χ2n) is 8.53. The van der Waals surface area contributed by atoms with Crippen LogP contribution in [0.3, 0.4) is 0 Å². The van der Waals surface area contributed by atoms with Crippen LogP contribution < -0.4 is 5.32 Å². The minimum absolute atomic E-state index is 0.251. The third-order valence-electron chi connectivity index (χ3n) is 5.82. The maximum atomic E-state index is 12.8. The molecule has 0 spiro atoms. The number of anilines is 2. The number of esters is 1. The zero-order valence-electron chi connectivity index (χ0n) is 20.6. The smallest absolute Gasteiger partial charge is 0.343 e. The summed E-state index contributed by atoms with van der Waals surface area (Å²) in [4.78, 5) is 26.8. The van der Waals surface area contributed by atoms with Gasteiger partial charge in [0.25, 0.3) is 0 Å². The number of nitrogens with zero attached hydrogens (tertiary/aromatic N) is 5. The van der Waals surface area contributed by atoms with Crippen molar-refractivity contribution >= 4 is 28.5 Å². The number of carbonyl (C=O) groups is 1. The Bertz CT molecular complexity index is 1570. The molecule has 0 saturated heterocycles. The molecule has 2 aromatic carbocycles. The van der Waals surface area contributed by atoms with Gasteiger partial charge in [0.2, 0.25) is 0 Å². The van der Waals surface area contributed by atoms with Gasteiger partial charge in [-0.1, -0.05) is 48.0 Å². The highest BCUT2D eigenvalue weighted by Crippen LogP contribution is 2.28. The number of aromatic nitrogens is 5. The third kappa shape index (κ3) is 4.53. The van der Waals surface area contributed by atoms with E-state index in [1.807, 2.05) is 81.4 Å². The predicted octanol–water partition coefficient (Wildman–Crippen LogP) is 5.72. The number of pyridine rings is 1. The number of aryl methyl sites for hydroxylation is 3. The van der Waals surface area contributed by atoms with E-state index in [1.54, 1.807) is 11.6 Å². The fraction of sp³-hybridized carbons (Fsp3) is 0.179. The molecule has 0 unspecified atom stereocenters. The summed E-state index contributed by atoms with van der Waals surface area (Å²) in [7, 11) is 0. The van der Waals surface area contributed by atoms with Crippen molar-refractivity contribution in [1.29, 1.82) is 0 Å². The zero-order valence-corrected chi connectivity index (χ0v) is 20.6. The highest BCUT2D eigenvalue weighted by Gasteiger charge is 2.22. The molecular weight excluding hydrogens is 452 g/mol. The van der Waals surface area contributed by atoms with E-state index in [4.69, 9.17) is 9.72 Å². The molecule has 8 heteroatoms. The lowest BCUT2D eigenvalue weighted by atomic mass is 10.1. The summed E-state index contributed by atoms with van der Waals surface area (Å²) in [5, 5.41) is 8.85. The highest BCUT2D eigenvalue weighted by atomic mass is 16.5. The van der Waals surface area contributed by atoms with Crippen molar-refractivity contribution in [2.24, 2.45) is 0 Å². The first-order chi connectivity index (χ1) is 17.4. The average molecular weight is 479 g/mol. The van der Waals surface area contributed by atoms with Gasteiger partial charge in [0.15, 0.2) is 11.6 Å². The molecule has 3 heterocycles. The van der Waals surface area contributed by atoms with Crippen molar-refractivity contribution < 1.29 is 9.53 Å². The van der Waals surface area contributed by atoms with E-state index in [2.05, 4.69) is 20.4 Å². The van der Waals surface area contributed by atoms with Crippen molar-refractivity contribution in [1.82, 2.24) is 24.7 Å². The molecule has 3 aromatic heterocycles. The first-order valence-corrected chi connectivity index (χ1v) is 11.7. The van der Waals surface area contributed by atoms with Crippen molar-refractivity contribution in [3.8, 4) is 17.1 Å². The molecule has 0 aliphatic heterocycles. The molecule has 0 aliphatic rings. The molecule has 0 saturated carbocycles. The molecule has 0 radical (unpaired) electrons. The standard InChI is InChI=1S/C28H26N6O2/c1-5-36-28(35)22-16-29-34(26-14-18(3)21-8-6-7-9-23(21)32-26)27(22)33-25-15-24(30-19(4)31-25)20-12-10-17(2)11-13-20/h6-16H,5H2,1-4H3,(H,30,31,33). The molecule has 1 N–H and O–H groups in total. The summed E-state index contributed by atoms with van der Waals surface area (Å²) in [6.45, 7) is 7.92. The first-order valence-electron chi connectivity index (χ1n) is 11.7. The molecule has 0 fully saturated rings. The van der Waals surface area contributed by atoms with Crippen LogP contribution in [0.25, 0.3) is 28.0 Å². The normalized spacial score (nSPS) is 11.0. The van der Waals surface area contributed by atoms with E-state index in [-0.39, 0.29) is 12.2 Å². The second kappa shape index (κ2) is 9.58. The summed E-state index contributed by atoms with van der Waals surface area (Å²) >= 11 is 0. The van der Waals surface area contributed by atoms with Gasteiger partial charge in [-0.25, -0.2) is 19.7 Å². The summed E-state index contributed by atoms with van der Waals surface area (Å²) in [5.41, 5.74) is 5.09. The Morgan fingerprint density at radius 1 is 0.972 bits per heavy atom. The summed E-state index contributed by atoms with van der Waals surface area (Å²) in [6, 6.07) is 19.8. The summed E-state index contributed by atoms with van der Waals surface area (Å²) in [6.07, 6.45) is 1.49. The van der Waals surface area contributed by atoms with E-state index >= 15 is 0 Å². The van der Waals surface area contributed by atoms with Crippen LogP contribution in [0.2, 0.25) is 0 Å². The van der Waals surface area contributed by atoms with Crippen LogP contribution >= 0.6 is 0 Å². The summed E-state index contributed by atoms with van der Waals surface area (Å²) in [5.74, 6) is 1.65. The number of fused-ring (bicyclic) bond motifs is 1. The van der Waals surface area contributed by atoms with Crippen molar-refractivity contribution in [2.45, 2.75) is 27.7 Å². The molecule has 8 nitrogen and oxygen atoms in total. The molecule has 0 bridgehead atoms. The molecule has 180 valence electrons. The van der Waals surface area contributed by atoms with Gasteiger partial charge in [0, 0.05) is 17.0 Å². The van der Waals surface area contributed by atoms with Gasteiger partial charge in [0.05, 0.1) is 24.0 Å². The van der Waals surface area contributed by atoms with Gasteiger partial charge < -0.3 is 10.1 Å². The van der Waals surface area contributed by atoms with E-state index in [0.29, 0.717) is 23.3 Å². The minimum atomic E-state index is -0.478. The Kier molecular flexibility index (Phi) is 6.16. The first kappa shape index (κ1) is 23.2. The van der Waals surface area contributed by atoms with Gasteiger partial charge in [0.1, 0.15) is 17.2 Å². The fourth-order valence-corrected chi connectivity index (χ4v) is 4.07. The van der Waals surface area contributed by atoms with Crippen molar-refractivity contribution in [3.63, 3.8) is 0 Å². The average Bonchev–Trinajstić information content (AvgIpc) is 3.28. The van der Waals surface area contributed by atoms with Crippen LogP contribution in [0.1, 0.15) is 34.2 Å². The van der Waals surface area contributed by atoms with Crippen LogP contribution in [0.5, 0.6) is 0 Å². The van der Waals surface area contributed by atoms with E-state index in [0.717, 1.165) is 27.7 Å². The Balaban J connectivity index is 1.62. The quantitative estimate of drug-likeness (QED) is 0.312. The van der Waals surface area contributed by atoms with E-state index in [1.165, 1.54) is 11.8 Å². The lowest BCUT2D eigenvalue weighted by Gasteiger charge is -2.13. The van der Waals surface area contributed by atoms with Gasteiger partial charge in [-0.05, 0) is 45.4 Å². The van der Waals surface area contributed by atoms with Crippen LogP contribution in [-0.2, 0) is 4.74 Å². The second-order valence-corrected chi connectivity index (χ2v) is 8.53. The Morgan fingerprint density at radius 2 is 1.75 bits per heavy atom. The van der Waals surface area contributed by atoms with Crippen LogP contribution in [-0.4, -0.2) is 37.3 Å². The predicted molar refractivity (Wildman–Crippen MR) is 140 cm³/mol. The van der Waals surface area contributed by atoms with Crippen molar-refractivity contribution in [2.75, 3.05) is 11.9 Å². The number of benzene rings is 2. The summed E-state index contributed by atoms with van der Waals surface area (Å²) < 4.78 is 6.90. The highest BCUT2D eigenvalue weighted by molar-refractivity contribution is 5.96. The minimum Gasteiger partial charge on any atom is -0.462 e. The molecule has 0 atom stereocenters. The van der Waals surface area contributed by atoms with Gasteiger partial charge in [-0.2, -0.15) is 9.78 Å². The molecule has 0 amide bonds. The van der Waals surface area contributed by atoms with Gasteiger partial charge >= 0.3 is 5.97 Å². The lowest BCUT2D eigenvalue weighted by molar-refractivity contribution is 0.0527. The molecule has 5 aromatic rings. The number of para-hydroxylation sites is 1. The third-order valence-corrected chi connectivity index (χ3v) is 5.82. The number of hydrogen-bond donors (Lipinski definition) is 1. The monoisotopic (exact) mass is 478 g/mol. The number of nitrogens with one attached hydrogen (secondary N) is 1. The number of hydrogen-bond acceptors (Lipinski definition) is 7. The molecule has 5 rings (SSSR count).